The van der Waals surface area contributed by atoms with Gasteiger partial charge in [-0.15, -0.1) is 11.3 Å². The van der Waals surface area contributed by atoms with Crippen molar-refractivity contribution in [2.45, 2.75) is 46.6 Å². The first-order chi connectivity index (χ1) is 9.58. The van der Waals surface area contributed by atoms with Gasteiger partial charge in [0.1, 0.15) is 0 Å². The Morgan fingerprint density at radius 2 is 1.90 bits per heavy atom. The van der Waals surface area contributed by atoms with E-state index in [2.05, 4.69) is 54.4 Å². The fourth-order valence-electron chi connectivity index (χ4n) is 2.27. The quantitative estimate of drug-likeness (QED) is 0.823. The van der Waals surface area contributed by atoms with E-state index in [0.29, 0.717) is 6.04 Å². The number of hydrogen-bond donors (Lipinski definition) is 1. The summed E-state index contributed by atoms with van der Waals surface area (Å²) in [5.41, 5.74) is 3.53. The van der Waals surface area contributed by atoms with Crippen molar-refractivity contribution in [1.29, 1.82) is 0 Å². The first-order valence-corrected chi connectivity index (χ1v) is 8.07. The van der Waals surface area contributed by atoms with Crippen LogP contribution in [0.2, 0.25) is 0 Å². The fourth-order valence-corrected chi connectivity index (χ4v) is 2.93. The van der Waals surface area contributed by atoms with Crippen molar-refractivity contribution in [1.82, 2.24) is 15.3 Å². The molecule has 0 aliphatic carbocycles. The van der Waals surface area contributed by atoms with Gasteiger partial charge in [-0.2, -0.15) is 0 Å². The Bertz CT molecular complexity index is 524. The van der Waals surface area contributed by atoms with E-state index in [0.717, 1.165) is 41.5 Å². The van der Waals surface area contributed by atoms with Crippen molar-refractivity contribution in [2.75, 3.05) is 6.54 Å². The van der Waals surface area contributed by atoms with Gasteiger partial charge in [-0.3, -0.25) is 0 Å². The number of nitrogens with zero attached hydrogens (tertiary/aromatic N) is 2. The summed E-state index contributed by atoms with van der Waals surface area (Å²) in [5, 5.41) is 5.51. The van der Waals surface area contributed by atoms with E-state index in [-0.39, 0.29) is 0 Å². The molecule has 0 radical (unpaired) electrons. The molecule has 2 rings (SSSR count). The molecule has 1 N–H and O–H groups in total. The molecule has 4 heteroatoms. The second kappa shape index (κ2) is 6.95. The smallest absolute Gasteiger partial charge is 0.169 e. The third-order valence-corrected chi connectivity index (χ3v) is 4.18. The van der Waals surface area contributed by atoms with Crippen LogP contribution < -0.4 is 5.32 Å². The lowest BCUT2D eigenvalue weighted by Crippen LogP contribution is -2.24. The second-order valence-corrected chi connectivity index (χ2v) is 6.33. The molecule has 3 nitrogen and oxygen atoms in total. The van der Waals surface area contributed by atoms with Crippen LogP contribution in [-0.4, -0.2) is 22.6 Å². The summed E-state index contributed by atoms with van der Waals surface area (Å²) in [4.78, 5) is 10.5. The lowest BCUT2D eigenvalue weighted by molar-refractivity contribution is 0.569. The highest BCUT2D eigenvalue weighted by Crippen LogP contribution is 2.23. The van der Waals surface area contributed by atoms with E-state index in [1.165, 1.54) is 5.56 Å². The molecule has 2 heterocycles. The maximum absolute atomic E-state index is 4.67. The minimum Gasteiger partial charge on any atom is -0.315 e. The minimum atomic E-state index is 0.551. The summed E-state index contributed by atoms with van der Waals surface area (Å²) in [6.45, 7) is 9.59. The summed E-state index contributed by atoms with van der Waals surface area (Å²) in [7, 11) is 0. The average molecular weight is 289 g/mol. The molecule has 0 amide bonds. The fraction of sp³-hybridized carbons (Fsp3) is 0.500. The molecule has 0 bridgehead atoms. The van der Waals surface area contributed by atoms with Crippen molar-refractivity contribution in [3.8, 4) is 10.7 Å². The van der Waals surface area contributed by atoms with Gasteiger partial charge in [-0.25, -0.2) is 9.97 Å². The average Bonchev–Trinajstić information content (AvgIpc) is 2.90. The Hall–Kier alpha value is -1.26. The number of hydrogen-bond acceptors (Lipinski definition) is 4. The first kappa shape index (κ1) is 15.1. The molecule has 2 aromatic heterocycles. The molecule has 0 saturated carbocycles. The molecule has 0 unspecified atom stereocenters. The zero-order chi connectivity index (χ0) is 14.5. The van der Waals surface area contributed by atoms with E-state index < -0.39 is 0 Å². The standard InChI is InChI=1S/C16H23N3S/c1-11(2)17-9-5-7-14-12(3)18-16(19-13(14)4)15-8-6-10-20-15/h6,8,10-11,17H,5,7,9H2,1-4H3. The van der Waals surface area contributed by atoms with Crippen molar-refractivity contribution in [3.63, 3.8) is 0 Å². The Morgan fingerprint density at radius 3 is 2.45 bits per heavy atom. The molecular weight excluding hydrogens is 266 g/mol. The SMILES string of the molecule is Cc1nc(-c2cccs2)nc(C)c1CCCNC(C)C. The molecule has 0 atom stereocenters. The molecule has 0 spiro atoms. The van der Waals surface area contributed by atoms with Crippen LogP contribution in [0.25, 0.3) is 10.7 Å². The predicted molar refractivity (Wildman–Crippen MR) is 86.3 cm³/mol. The van der Waals surface area contributed by atoms with Gasteiger partial charge in [0.15, 0.2) is 5.82 Å². The van der Waals surface area contributed by atoms with Gasteiger partial charge in [-0.1, -0.05) is 19.9 Å². The monoisotopic (exact) mass is 289 g/mol. The van der Waals surface area contributed by atoms with Crippen LogP contribution in [0, 0.1) is 13.8 Å². The molecule has 20 heavy (non-hydrogen) atoms. The molecule has 108 valence electrons. The van der Waals surface area contributed by atoms with Crippen LogP contribution >= 0.6 is 11.3 Å². The predicted octanol–water partition coefficient (Wildman–Crippen LogP) is 3.75. The number of thiophene rings is 1. The van der Waals surface area contributed by atoms with E-state index >= 15 is 0 Å². The number of nitrogens with one attached hydrogen (secondary N) is 1. The highest BCUT2D eigenvalue weighted by atomic mass is 32.1. The van der Waals surface area contributed by atoms with Crippen LogP contribution in [0.15, 0.2) is 17.5 Å². The highest BCUT2D eigenvalue weighted by Gasteiger charge is 2.10. The van der Waals surface area contributed by atoms with Crippen molar-refractivity contribution in [3.05, 3.63) is 34.5 Å². The maximum Gasteiger partial charge on any atom is 0.169 e. The van der Waals surface area contributed by atoms with E-state index in [1.807, 2.05) is 6.07 Å². The number of aromatic nitrogens is 2. The van der Waals surface area contributed by atoms with Gasteiger partial charge in [0.2, 0.25) is 0 Å². The van der Waals surface area contributed by atoms with Gasteiger partial charge < -0.3 is 5.32 Å². The largest absolute Gasteiger partial charge is 0.315 e. The Balaban J connectivity index is 2.07. The van der Waals surface area contributed by atoms with E-state index in [4.69, 9.17) is 0 Å². The van der Waals surface area contributed by atoms with E-state index in [9.17, 15) is 0 Å². The summed E-state index contributed by atoms with van der Waals surface area (Å²) in [6.07, 6.45) is 2.17. The minimum absolute atomic E-state index is 0.551. The summed E-state index contributed by atoms with van der Waals surface area (Å²) in [5.74, 6) is 0.860. The Labute approximate surface area is 125 Å². The number of aryl methyl sites for hydroxylation is 2. The second-order valence-electron chi connectivity index (χ2n) is 5.39. The molecule has 0 aliphatic rings. The molecule has 0 aliphatic heterocycles. The van der Waals surface area contributed by atoms with Gasteiger partial charge in [0.05, 0.1) is 4.88 Å². The Kier molecular flexibility index (Phi) is 5.26. The summed E-state index contributed by atoms with van der Waals surface area (Å²) < 4.78 is 0. The van der Waals surface area contributed by atoms with Crippen molar-refractivity contribution >= 4 is 11.3 Å². The molecule has 0 fully saturated rings. The third-order valence-electron chi connectivity index (χ3n) is 3.32. The zero-order valence-corrected chi connectivity index (χ0v) is 13.5. The molecule has 0 aromatic carbocycles. The van der Waals surface area contributed by atoms with Gasteiger partial charge in [-0.05, 0) is 50.2 Å². The first-order valence-electron chi connectivity index (χ1n) is 7.19. The topological polar surface area (TPSA) is 37.8 Å². The van der Waals surface area contributed by atoms with Crippen LogP contribution in [-0.2, 0) is 6.42 Å². The highest BCUT2D eigenvalue weighted by molar-refractivity contribution is 7.13. The number of rotatable bonds is 6. The van der Waals surface area contributed by atoms with Gasteiger partial charge >= 0.3 is 0 Å². The molecular formula is C16H23N3S. The lowest BCUT2D eigenvalue weighted by Gasteiger charge is -2.11. The normalized spacial score (nSPS) is 11.2. The van der Waals surface area contributed by atoms with Crippen LogP contribution in [0.1, 0.15) is 37.2 Å². The van der Waals surface area contributed by atoms with Crippen LogP contribution in [0.4, 0.5) is 0 Å². The van der Waals surface area contributed by atoms with Crippen LogP contribution in [0.3, 0.4) is 0 Å². The molecule has 2 aromatic rings. The third kappa shape index (κ3) is 3.87. The van der Waals surface area contributed by atoms with E-state index in [1.54, 1.807) is 11.3 Å². The zero-order valence-electron chi connectivity index (χ0n) is 12.7. The van der Waals surface area contributed by atoms with Crippen molar-refractivity contribution in [2.24, 2.45) is 0 Å². The van der Waals surface area contributed by atoms with Crippen LogP contribution in [0.5, 0.6) is 0 Å². The van der Waals surface area contributed by atoms with Gasteiger partial charge in [0, 0.05) is 17.4 Å². The van der Waals surface area contributed by atoms with Crippen molar-refractivity contribution < 1.29 is 0 Å². The van der Waals surface area contributed by atoms with Gasteiger partial charge in [0.25, 0.3) is 0 Å². The Morgan fingerprint density at radius 1 is 1.20 bits per heavy atom. The summed E-state index contributed by atoms with van der Waals surface area (Å²) in [6, 6.07) is 4.67. The maximum atomic E-state index is 4.67. The molecule has 0 saturated heterocycles. The lowest BCUT2D eigenvalue weighted by atomic mass is 10.1. The summed E-state index contributed by atoms with van der Waals surface area (Å²) >= 11 is 1.69.